The van der Waals surface area contributed by atoms with Crippen LogP contribution in [0.5, 0.6) is 0 Å². The summed E-state index contributed by atoms with van der Waals surface area (Å²) in [6, 6.07) is -0.654. The first-order valence-corrected chi connectivity index (χ1v) is 12.2. The van der Waals surface area contributed by atoms with Crippen molar-refractivity contribution in [3.05, 3.63) is 12.4 Å². The van der Waals surface area contributed by atoms with Crippen molar-refractivity contribution in [1.29, 1.82) is 0 Å². The molecule has 9 nitrogen and oxygen atoms in total. The van der Waals surface area contributed by atoms with Gasteiger partial charge in [-0.25, -0.2) is 14.8 Å². The Bertz CT molecular complexity index is 859. The van der Waals surface area contributed by atoms with Crippen LogP contribution in [-0.4, -0.2) is 75.2 Å². The number of likely N-dealkylation sites (tertiary alicyclic amines) is 1. The zero-order valence-corrected chi connectivity index (χ0v) is 21.6. The SMILES string of the molecule is CC(NC(=O)OC(C)(C)C)C(=O)N1CC[C@@H](Sc2ncc(B3OC(C)(C)C(C)(C)O3)cn2)C1. The van der Waals surface area contributed by atoms with E-state index in [-0.39, 0.29) is 11.2 Å². The summed E-state index contributed by atoms with van der Waals surface area (Å²) in [7, 11) is -0.493. The number of carbonyl (C=O) groups excluding carboxylic acids is 2. The Morgan fingerprint density at radius 2 is 1.79 bits per heavy atom. The van der Waals surface area contributed by atoms with Crippen LogP contribution in [0.3, 0.4) is 0 Å². The van der Waals surface area contributed by atoms with E-state index >= 15 is 0 Å². The first kappa shape index (κ1) is 25.8. The van der Waals surface area contributed by atoms with Gasteiger partial charge in [0.25, 0.3) is 0 Å². The lowest BCUT2D eigenvalue weighted by Crippen LogP contribution is -2.47. The summed E-state index contributed by atoms with van der Waals surface area (Å²) in [6.07, 6.45) is 3.71. The maximum atomic E-state index is 12.7. The molecule has 1 aromatic rings. The molecule has 0 spiro atoms. The summed E-state index contributed by atoms with van der Waals surface area (Å²) >= 11 is 1.55. The van der Waals surface area contributed by atoms with E-state index in [0.717, 1.165) is 11.9 Å². The molecule has 3 rings (SSSR count). The molecule has 11 heteroatoms. The predicted molar refractivity (Wildman–Crippen MR) is 127 cm³/mol. The van der Waals surface area contributed by atoms with E-state index in [0.29, 0.717) is 18.2 Å². The number of hydrogen-bond donors (Lipinski definition) is 1. The molecule has 2 aliphatic rings. The molecule has 1 aromatic heterocycles. The average molecular weight is 478 g/mol. The van der Waals surface area contributed by atoms with E-state index < -0.39 is 36.1 Å². The number of carbonyl (C=O) groups is 2. The monoisotopic (exact) mass is 478 g/mol. The van der Waals surface area contributed by atoms with Gasteiger partial charge in [0.05, 0.1) is 11.2 Å². The molecule has 2 fully saturated rings. The molecule has 0 saturated carbocycles. The first-order chi connectivity index (χ1) is 15.2. The van der Waals surface area contributed by atoms with E-state index in [1.54, 1.807) is 56.8 Å². The van der Waals surface area contributed by atoms with Gasteiger partial charge >= 0.3 is 13.2 Å². The molecule has 2 amide bonds. The van der Waals surface area contributed by atoms with Gasteiger partial charge in [-0.1, -0.05) is 11.8 Å². The summed E-state index contributed by atoms with van der Waals surface area (Å²) in [5.74, 6) is -0.124. The maximum absolute atomic E-state index is 12.7. The normalized spacial score (nSPS) is 22.8. The number of nitrogens with zero attached hydrogens (tertiary/aromatic N) is 3. The van der Waals surface area contributed by atoms with Crippen LogP contribution in [0.4, 0.5) is 4.79 Å². The zero-order valence-electron chi connectivity index (χ0n) is 20.8. The van der Waals surface area contributed by atoms with Crippen molar-refractivity contribution in [2.45, 2.75) is 95.1 Å². The Labute approximate surface area is 200 Å². The summed E-state index contributed by atoms with van der Waals surface area (Å²) in [4.78, 5) is 35.4. The number of hydrogen-bond acceptors (Lipinski definition) is 8. The fourth-order valence-corrected chi connectivity index (χ4v) is 4.48. The fraction of sp³-hybridized carbons (Fsp3) is 0.727. The molecule has 2 atom stereocenters. The zero-order chi connectivity index (χ0) is 24.6. The molecule has 0 bridgehead atoms. The summed E-state index contributed by atoms with van der Waals surface area (Å²) in [6.45, 7) is 16.3. The van der Waals surface area contributed by atoms with E-state index in [9.17, 15) is 9.59 Å². The molecule has 0 aliphatic carbocycles. The third-order valence-corrected chi connectivity index (χ3v) is 7.15. The summed E-state index contributed by atoms with van der Waals surface area (Å²) in [5, 5.41) is 3.45. The number of aromatic nitrogens is 2. The molecular formula is C22H35BN4O5S. The molecule has 3 heterocycles. The Morgan fingerprint density at radius 3 is 2.33 bits per heavy atom. The minimum Gasteiger partial charge on any atom is -0.444 e. The fourth-order valence-electron chi connectivity index (χ4n) is 3.48. The Morgan fingerprint density at radius 1 is 1.21 bits per heavy atom. The van der Waals surface area contributed by atoms with E-state index in [1.165, 1.54) is 0 Å². The van der Waals surface area contributed by atoms with Gasteiger partial charge < -0.3 is 24.3 Å². The second kappa shape index (κ2) is 9.42. The second-order valence-electron chi connectivity index (χ2n) is 10.6. The lowest BCUT2D eigenvalue weighted by Gasteiger charge is -2.32. The molecule has 2 saturated heterocycles. The predicted octanol–water partition coefficient (Wildman–Crippen LogP) is 2.38. The van der Waals surface area contributed by atoms with Crippen LogP contribution in [0.25, 0.3) is 0 Å². The van der Waals surface area contributed by atoms with Gasteiger partial charge in [0.1, 0.15) is 11.6 Å². The van der Waals surface area contributed by atoms with Gasteiger partial charge in [-0.15, -0.1) is 0 Å². The molecule has 0 aromatic carbocycles. The number of thioether (sulfide) groups is 1. The van der Waals surface area contributed by atoms with Crippen LogP contribution < -0.4 is 10.8 Å². The highest BCUT2D eigenvalue weighted by Crippen LogP contribution is 2.36. The van der Waals surface area contributed by atoms with Crippen molar-refractivity contribution in [1.82, 2.24) is 20.2 Å². The molecular weight excluding hydrogens is 443 g/mol. The third kappa shape index (κ3) is 6.39. The first-order valence-electron chi connectivity index (χ1n) is 11.3. The van der Waals surface area contributed by atoms with Gasteiger partial charge in [-0.2, -0.15) is 0 Å². The third-order valence-electron chi connectivity index (χ3n) is 6.01. The number of ether oxygens (including phenoxy) is 1. The van der Waals surface area contributed by atoms with Gasteiger partial charge in [0.2, 0.25) is 5.91 Å². The van der Waals surface area contributed by atoms with Crippen molar-refractivity contribution < 1.29 is 23.6 Å². The smallest absolute Gasteiger partial charge is 0.444 e. The average Bonchev–Trinajstić information content (AvgIpc) is 3.21. The highest BCUT2D eigenvalue weighted by Gasteiger charge is 2.52. The Hall–Kier alpha value is -1.85. The second-order valence-corrected chi connectivity index (χ2v) is 11.8. The largest absolute Gasteiger partial charge is 0.498 e. The van der Waals surface area contributed by atoms with Crippen molar-refractivity contribution in [3.8, 4) is 0 Å². The molecule has 1 unspecified atom stereocenters. The molecule has 33 heavy (non-hydrogen) atoms. The number of alkyl carbamates (subject to hydrolysis) is 1. The van der Waals surface area contributed by atoms with Crippen LogP contribution in [0, 0.1) is 0 Å². The summed E-state index contributed by atoms with van der Waals surface area (Å²) in [5.41, 5.74) is -0.663. The Balaban J connectivity index is 1.50. The number of nitrogens with one attached hydrogen (secondary N) is 1. The topological polar surface area (TPSA) is 103 Å². The standard InChI is InChI=1S/C22H35BN4O5S/c1-14(26-19(29)30-20(2,3)4)17(28)27-10-9-16(13-27)33-18-24-11-15(12-25-18)23-31-21(5,6)22(7,8)32-23/h11-12,14,16H,9-10,13H2,1-8H3,(H,26,29)/t14?,16-/m1/s1. The van der Waals surface area contributed by atoms with E-state index in [4.69, 9.17) is 14.0 Å². The van der Waals surface area contributed by atoms with Gasteiger partial charge in [0.15, 0.2) is 5.16 Å². The Kier molecular flexibility index (Phi) is 7.36. The molecule has 0 radical (unpaired) electrons. The van der Waals surface area contributed by atoms with Crippen LogP contribution in [0.2, 0.25) is 0 Å². The highest BCUT2D eigenvalue weighted by atomic mass is 32.2. The molecule has 2 aliphatic heterocycles. The van der Waals surface area contributed by atoms with Gasteiger partial charge in [0, 0.05) is 36.2 Å². The summed E-state index contributed by atoms with van der Waals surface area (Å²) < 4.78 is 17.3. The van der Waals surface area contributed by atoms with E-state index in [2.05, 4.69) is 15.3 Å². The van der Waals surface area contributed by atoms with Crippen LogP contribution in [0.15, 0.2) is 17.6 Å². The quantitative estimate of drug-likeness (QED) is 0.509. The lowest BCUT2D eigenvalue weighted by atomic mass is 9.81. The minimum absolute atomic E-state index is 0.124. The highest BCUT2D eigenvalue weighted by molar-refractivity contribution is 7.99. The molecule has 182 valence electrons. The maximum Gasteiger partial charge on any atom is 0.498 e. The van der Waals surface area contributed by atoms with Crippen LogP contribution >= 0.6 is 11.8 Å². The lowest BCUT2D eigenvalue weighted by molar-refractivity contribution is -0.131. The van der Waals surface area contributed by atoms with Crippen molar-refractivity contribution >= 4 is 36.3 Å². The van der Waals surface area contributed by atoms with Crippen molar-refractivity contribution in [2.24, 2.45) is 0 Å². The van der Waals surface area contributed by atoms with Crippen LogP contribution in [0.1, 0.15) is 61.8 Å². The van der Waals surface area contributed by atoms with Crippen molar-refractivity contribution in [2.75, 3.05) is 13.1 Å². The van der Waals surface area contributed by atoms with E-state index in [1.807, 2.05) is 27.7 Å². The minimum atomic E-state index is -0.654. The number of amides is 2. The van der Waals surface area contributed by atoms with Gasteiger partial charge in [-0.05, 0) is 61.8 Å². The van der Waals surface area contributed by atoms with Crippen LogP contribution in [-0.2, 0) is 18.8 Å². The molecule has 1 N–H and O–H groups in total. The van der Waals surface area contributed by atoms with Crippen molar-refractivity contribution in [3.63, 3.8) is 0 Å². The number of rotatable bonds is 5. The van der Waals surface area contributed by atoms with Gasteiger partial charge in [-0.3, -0.25) is 4.79 Å².